The number of carbonyl (C=O) groups is 2. The number of aromatic nitrogens is 1. The maximum absolute atomic E-state index is 12.6. The Morgan fingerprint density at radius 3 is 2.59 bits per heavy atom. The summed E-state index contributed by atoms with van der Waals surface area (Å²) in [6.45, 7) is 0.301. The minimum absolute atomic E-state index is 0.245. The monoisotopic (exact) mass is 297 g/mol. The van der Waals surface area contributed by atoms with Gasteiger partial charge in [-0.05, 0) is 17.2 Å². The summed E-state index contributed by atoms with van der Waals surface area (Å²) in [7, 11) is 0. The minimum atomic E-state index is -0.707. The highest BCUT2D eigenvalue weighted by atomic mass is 16.2. The van der Waals surface area contributed by atoms with Crippen molar-refractivity contribution in [3.63, 3.8) is 0 Å². The number of rotatable bonds is 2. The van der Waals surface area contributed by atoms with E-state index >= 15 is 0 Å². The number of nitrogens with zero attached hydrogens (tertiary/aromatic N) is 1. The van der Waals surface area contributed by atoms with Gasteiger partial charge in [-0.1, -0.05) is 24.3 Å². The molecule has 2 aromatic rings. The lowest BCUT2D eigenvalue weighted by molar-refractivity contribution is -0.122. The van der Waals surface area contributed by atoms with Gasteiger partial charge in [0.2, 0.25) is 11.5 Å². The number of hydrogen-bond donors (Lipinski definition) is 2. The molecule has 112 valence electrons. The minimum Gasteiger partial charge on any atom is -0.368 e. The second-order valence-electron chi connectivity index (χ2n) is 5.27. The molecule has 3 rings (SSSR count). The van der Waals surface area contributed by atoms with Gasteiger partial charge in [0.15, 0.2) is 0 Å². The highest BCUT2D eigenvalue weighted by molar-refractivity contribution is 5.97. The number of amides is 2. The van der Waals surface area contributed by atoms with Gasteiger partial charge < -0.3 is 15.6 Å². The van der Waals surface area contributed by atoms with Crippen LogP contribution in [0.25, 0.3) is 0 Å². The van der Waals surface area contributed by atoms with Crippen LogP contribution in [0.5, 0.6) is 0 Å². The normalized spacial score (nSPS) is 16.9. The summed E-state index contributed by atoms with van der Waals surface area (Å²) in [6.07, 6.45) is 1.80. The van der Waals surface area contributed by atoms with E-state index in [0.29, 0.717) is 13.0 Å². The fourth-order valence-electron chi connectivity index (χ4n) is 2.73. The van der Waals surface area contributed by atoms with E-state index in [1.807, 2.05) is 24.3 Å². The van der Waals surface area contributed by atoms with Crippen LogP contribution in [0.15, 0.2) is 47.4 Å². The van der Waals surface area contributed by atoms with Crippen molar-refractivity contribution in [1.29, 1.82) is 0 Å². The Balaban J connectivity index is 1.99. The topological polar surface area (TPSA) is 96.3 Å². The molecule has 0 fully saturated rings. The van der Waals surface area contributed by atoms with Gasteiger partial charge in [-0.25, -0.2) is 0 Å². The lowest BCUT2D eigenvalue weighted by Gasteiger charge is -2.35. The molecule has 2 amide bonds. The van der Waals surface area contributed by atoms with E-state index in [4.69, 9.17) is 5.73 Å². The van der Waals surface area contributed by atoms with E-state index in [1.165, 1.54) is 23.2 Å². The second-order valence-corrected chi connectivity index (χ2v) is 5.27. The molecule has 1 aliphatic rings. The summed E-state index contributed by atoms with van der Waals surface area (Å²) in [4.78, 5) is 39.6. The molecule has 6 nitrogen and oxygen atoms in total. The van der Waals surface area contributed by atoms with E-state index in [-0.39, 0.29) is 17.0 Å². The molecule has 0 unspecified atom stereocenters. The summed E-state index contributed by atoms with van der Waals surface area (Å²) in [5.41, 5.74) is 7.34. The molecule has 1 aromatic heterocycles. The van der Waals surface area contributed by atoms with Gasteiger partial charge in [0.05, 0.1) is 0 Å². The van der Waals surface area contributed by atoms with Crippen LogP contribution in [0.1, 0.15) is 21.5 Å². The largest absolute Gasteiger partial charge is 0.368 e. The molecule has 1 aliphatic heterocycles. The fourth-order valence-corrected chi connectivity index (χ4v) is 2.73. The number of primary amides is 1. The van der Waals surface area contributed by atoms with E-state index in [2.05, 4.69) is 4.98 Å². The Bertz CT molecular complexity index is 797. The average Bonchev–Trinajstić information content (AvgIpc) is 2.52. The quantitative estimate of drug-likeness (QED) is 0.841. The Kier molecular flexibility index (Phi) is 3.50. The number of fused-ring (bicyclic) bond motifs is 1. The molecule has 2 heterocycles. The zero-order valence-corrected chi connectivity index (χ0v) is 11.8. The summed E-state index contributed by atoms with van der Waals surface area (Å²) < 4.78 is 0. The molecular formula is C16H15N3O3. The standard InChI is InChI=1S/C16H15N3O3/c17-15(21)13-7-10-3-1-2-4-12(10)9-19(13)16(22)11-5-6-18-14(20)8-11/h1-6,8,13H,7,9H2,(H2,17,21)(H,18,20)/t13-/m0/s1. The highest BCUT2D eigenvalue weighted by Gasteiger charge is 2.33. The first kappa shape index (κ1) is 14.1. The number of pyridine rings is 1. The molecule has 22 heavy (non-hydrogen) atoms. The maximum Gasteiger partial charge on any atom is 0.255 e. The molecule has 6 heteroatoms. The Morgan fingerprint density at radius 2 is 1.91 bits per heavy atom. The van der Waals surface area contributed by atoms with Gasteiger partial charge in [-0.2, -0.15) is 0 Å². The Hall–Kier alpha value is -2.89. The van der Waals surface area contributed by atoms with Crippen LogP contribution in [-0.2, 0) is 17.8 Å². The van der Waals surface area contributed by atoms with Crippen molar-refractivity contribution in [2.45, 2.75) is 19.0 Å². The molecule has 0 bridgehead atoms. The maximum atomic E-state index is 12.6. The number of hydrogen-bond acceptors (Lipinski definition) is 3. The van der Waals surface area contributed by atoms with Crippen molar-refractivity contribution in [3.05, 3.63) is 69.6 Å². The SMILES string of the molecule is NC(=O)[C@@H]1Cc2ccccc2CN1C(=O)c1cc[nH]c(=O)c1. The first-order valence-electron chi connectivity index (χ1n) is 6.92. The predicted octanol–water partition coefficient (Wildman–Crippen LogP) is 0.427. The summed E-state index contributed by atoms with van der Waals surface area (Å²) in [5, 5.41) is 0. The Morgan fingerprint density at radius 1 is 1.18 bits per heavy atom. The molecule has 0 saturated heterocycles. The first-order valence-corrected chi connectivity index (χ1v) is 6.92. The van der Waals surface area contributed by atoms with Crippen molar-refractivity contribution in [2.24, 2.45) is 5.73 Å². The van der Waals surface area contributed by atoms with E-state index in [0.717, 1.165) is 11.1 Å². The van der Waals surface area contributed by atoms with Crippen molar-refractivity contribution in [1.82, 2.24) is 9.88 Å². The number of nitrogens with one attached hydrogen (secondary N) is 1. The number of H-pyrrole nitrogens is 1. The van der Waals surface area contributed by atoms with E-state index < -0.39 is 11.9 Å². The van der Waals surface area contributed by atoms with Crippen LogP contribution in [-0.4, -0.2) is 27.7 Å². The van der Waals surface area contributed by atoms with Crippen LogP contribution in [0.3, 0.4) is 0 Å². The van der Waals surface area contributed by atoms with Gasteiger partial charge in [0.25, 0.3) is 5.91 Å². The molecule has 0 spiro atoms. The molecular weight excluding hydrogens is 282 g/mol. The van der Waals surface area contributed by atoms with E-state index in [1.54, 1.807) is 0 Å². The third-order valence-electron chi connectivity index (χ3n) is 3.86. The van der Waals surface area contributed by atoms with Gasteiger partial charge >= 0.3 is 0 Å². The lowest BCUT2D eigenvalue weighted by Crippen LogP contribution is -2.51. The summed E-state index contributed by atoms with van der Waals surface area (Å²) in [5.74, 6) is -0.919. The van der Waals surface area contributed by atoms with Crippen LogP contribution < -0.4 is 11.3 Å². The number of carbonyl (C=O) groups excluding carboxylic acids is 2. The third-order valence-corrected chi connectivity index (χ3v) is 3.86. The molecule has 1 aromatic carbocycles. The van der Waals surface area contributed by atoms with Crippen LogP contribution in [0, 0.1) is 0 Å². The smallest absolute Gasteiger partial charge is 0.255 e. The first-order chi connectivity index (χ1) is 10.6. The van der Waals surface area contributed by atoms with Crippen molar-refractivity contribution < 1.29 is 9.59 Å². The van der Waals surface area contributed by atoms with Gasteiger partial charge in [-0.3, -0.25) is 14.4 Å². The van der Waals surface area contributed by atoms with E-state index in [9.17, 15) is 14.4 Å². The number of aromatic amines is 1. The second kappa shape index (κ2) is 5.48. The van der Waals surface area contributed by atoms with Crippen LogP contribution in [0.2, 0.25) is 0 Å². The van der Waals surface area contributed by atoms with Crippen LogP contribution >= 0.6 is 0 Å². The molecule has 3 N–H and O–H groups in total. The van der Waals surface area contributed by atoms with Crippen molar-refractivity contribution in [3.8, 4) is 0 Å². The molecule has 1 atom stereocenters. The lowest BCUT2D eigenvalue weighted by atomic mass is 9.93. The number of benzene rings is 1. The average molecular weight is 297 g/mol. The Labute approximate surface area is 126 Å². The van der Waals surface area contributed by atoms with Gasteiger partial charge in [0, 0.05) is 30.8 Å². The highest BCUT2D eigenvalue weighted by Crippen LogP contribution is 2.24. The van der Waals surface area contributed by atoms with Crippen molar-refractivity contribution >= 4 is 11.8 Å². The number of nitrogens with two attached hydrogens (primary N) is 1. The predicted molar refractivity (Wildman–Crippen MR) is 80.1 cm³/mol. The zero-order chi connectivity index (χ0) is 15.7. The van der Waals surface area contributed by atoms with Crippen molar-refractivity contribution in [2.75, 3.05) is 0 Å². The molecule has 0 saturated carbocycles. The van der Waals surface area contributed by atoms with Crippen LogP contribution in [0.4, 0.5) is 0 Å². The fraction of sp³-hybridized carbons (Fsp3) is 0.188. The zero-order valence-electron chi connectivity index (χ0n) is 11.8. The van der Waals surface area contributed by atoms with Gasteiger partial charge in [0.1, 0.15) is 6.04 Å². The molecule has 0 aliphatic carbocycles. The third kappa shape index (κ3) is 2.50. The summed E-state index contributed by atoms with van der Waals surface area (Å²) in [6, 6.07) is 9.67. The molecule has 0 radical (unpaired) electrons. The van der Waals surface area contributed by atoms with Gasteiger partial charge in [-0.15, -0.1) is 0 Å². The summed E-state index contributed by atoms with van der Waals surface area (Å²) >= 11 is 0.